The Morgan fingerprint density at radius 2 is 2.14 bits per heavy atom. The van der Waals surface area contributed by atoms with Gasteiger partial charge in [0.25, 0.3) is 5.91 Å². The average Bonchev–Trinajstić information content (AvgIpc) is 3.04. The molecule has 2 aromatic rings. The fourth-order valence-electron chi connectivity index (χ4n) is 2.86. The number of nitrogens with zero attached hydrogens (tertiary/aromatic N) is 2. The van der Waals surface area contributed by atoms with E-state index >= 15 is 0 Å². The van der Waals surface area contributed by atoms with Gasteiger partial charge in [-0.1, -0.05) is 29.3 Å². The van der Waals surface area contributed by atoms with E-state index < -0.39 is 6.17 Å². The third kappa shape index (κ3) is 4.29. The zero-order chi connectivity index (χ0) is 21.1. The molecule has 1 heterocycles. The molecule has 3 rings (SSSR count). The van der Waals surface area contributed by atoms with Crippen LogP contribution in [-0.4, -0.2) is 36.7 Å². The summed E-state index contributed by atoms with van der Waals surface area (Å²) in [5.74, 6) is 0.338. The van der Waals surface area contributed by atoms with Gasteiger partial charge < -0.3 is 21.8 Å². The molecule has 0 saturated heterocycles. The van der Waals surface area contributed by atoms with Crippen LogP contribution in [0.3, 0.4) is 0 Å². The molecular formula is C19H21Cl2N7O. The van der Waals surface area contributed by atoms with Crippen molar-refractivity contribution in [3.63, 3.8) is 0 Å². The minimum atomic E-state index is -0.437. The number of hydrogen-bond donors (Lipinski definition) is 5. The van der Waals surface area contributed by atoms with Gasteiger partial charge in [0, 0.05) is 47.2 Å². The zero-order valence-electron chi connectivity index (χ0n) is 15.9. The van der Waals surface area contributed by atoms with Crippen molar-refractivity contribution in [3.8, 4) is 0 Å². The van der Waals surface area contributed by atoms with Gasteiger partial charge in [-0.2, -0.15) is 0 Å². The predicted octanol–water partition coefficient (Wildman–Crippen LogP) is 3.24. The summed E-state index contributed by atoms with van der Waals surface area (Å²) in [4.78, 5) is 16.6. The molecule has 1 aliphatic heterocycles. The summed E-state index contributed by atoms with van der Waals surface area (Å²) in [5, 5.41) is 15.8. The number of hydrazine groups is 1. The lowest BCUT2D eigenvalue weighted by molar-refractivity contribution is 0.0956. The van der Waals surface area contributed by atoms with Crippen LogP contribution in [0.1, 0.15) is 34.6 Å². The average molecular weight is 434 g/mol. The number of anilines is 2. The number of rotatable bonds is 5. The lowest BCUT2D eigenvalue weighted by atomic mass is 10.1. The van der Waals surface area contributed by atoms with E-state index in [1.807, 2.05) is 6.92 Å². The maximum absolute atomic E-state index is 12.0. The van der Waals surface area contributed by atoms with E-state index in [9.17, 15) is 4.79 Å². The first-order valence-electron chi connectivity index (χ1n) is 8.86. The lowest BCUT2D eigenvalue weighted by Gasteiger charge is -2.18. The topological polar surface area (TPSA) is 119 Å². The maximum Gasteiger partial charge on any atom is 0.251 e. The van der Waals surface area contributed by atoms with Gasteiger partial charge in [-0.25, -0.2) is 10.4 Å². The number of guanidine groups is 1. The van der Waals surface area contributed by atoms with Gasteiger partial charge >= 0.3 is 0 Å². The summed E-state index contributed by atoms with van der Waals surface area (Å²) in [6.07, 6.45) is 0.674. The fraction of sp³-hybridized carbons (Fsp3) is 0.211. The zero-order valence-corrected chi connectivity index (χ0v) is 17.4. The van der Waals surface area contributed by atoms with E-state index in [4.69, 9.17) is 34.3 Å². The Bertz CT molecular complexity index is 993. The predicted molar refractivity (Wildman–Crippen MR) is 118 cm³/mol. The first-order chi connectivity index (χ1) is 13.8. The van der Waals surface area contributed by atoms with E-state index in [2.05, 4.69) is 21.1 Å². The molecule has 0 radical (unpaired) electrons. The van der Waals surface area contributed by atoms with Crippen molar-refractivity contribution in [2.75, 3.05) is 24.6 Å². The first kappa shape index (κ1) is 20.9. The number of halogens is 2. The van der Waals surface area contributed by atoms with Gasteiger partial charge in [0.05, 0.1) is 10.7 Å². The molecule has 29 heavy (non-hydrogen) atoms. The second-order valence-corrected chi connectivity index (χ2v) is 7.12. The van der Waals surface area contributed by atoms with Gasteiger partial charge in [0.15, 0.2) is 0 Å². The Hall–Kier alpha value is -2.81. The number of benzene rings is 2. The number of hydrogen-bond acceptors (Lipinski definition) is 7. The van der Waals surface area contributed by atoms with Crippen LogP contribution < -0.4 is 21.8 Å². The monoisotopic (exact) mass is 433 g/mol. The van der Waals surface area contributed by atoms with Crippen LogP contribution >= 0.6 is 23.2 Å². The van der Waals surface area contributed by atoms with Gasteiger partial charge in [0.1, 0.15) is 6.17 Å². The van der Waals surface area contributed by atoms with Crippen LogP contribution in [0.4, 0.5) is 11.4 Å². The van der Waals surface area contributed by atoms with Crippen molar-refractivity contribution in [1.82, 2.24) is 15.8 Å². The summed E-state index contributed by atoms with van der Waals surface area (Å²) >= 11 is 12.7. The molecule has 1 amide bonds. The summed E-state index contributed by atoms with van der Waals surface area (Å²) in [6.45, 7) is 2.40. The molecule has 0 aromatic heterocycles. The smallest absolute Gasteiger partial charge is 0.251 e. The molecule has 0 spiro atoms. The molecular weight excluding hydrogens is 413 g/mol. The van der Waals surface area contributed by atoms with Crippen molar-refractivity contribution >= 4 is 52.7 Å². The summed E-state index contributed by atoms with van der Waals surface area (Å²) < 4.78 is 0. The van der Waals surface area contributed by atoms with Crippen LogP contribution in [0, 0.1) is 5.41 Å². The maximum atomic E-state index is 12.0. The Balaban J connectivity index is 1.84. The van der Waals surface area contributed by atoms with Crippen LogP contribution in [0.15, 0.2) is 35.3 Å². The van der Waals surface area contributed by atoms with Gasteiger partial charge in [-0.3, -0.25) is 9.80 Å². The molecule has 0 bridgehead atoms. The van der Waals surface area contributed by atoms with Crippen molar-refractivity contribution in [3.05, 3.63) is 57.1 Å². The second-order valence-electron chi connectivity index (χ2n) is 6.34. The molecule has 0 aliphatic carbocycles. The minimum absolute atomic E-state index is 0.177. The standard InChI is InChI=1S/C19H21Cl2N7O/c1-3-24-18(29)10-4-5-11(13(20)8-10)17-26-19(28(2)27-17)25-15-7-6-14(23)12(9-22)16(15)21/h4-9,17,22,27H,3,23H2,1-2H3,(H,24,29)(H,25,26). The Morgan fingerprint density at radius 1 is 1.38 bits per heavy atom. The van der Waals surface area contributed by atoms with Crippen LogP contribution in [0.2, 0.25) is 10.0 Å². The third-order valence-electron chi connectivity index (χ3n) is 4.38. The molecule has 10 heteroatoms. The summed E-state index contributed by atoms with van der Waals surface area (Å²) in [7, 11) is 1.80. The number of carbonyl (C=O) groups excluding carboxylic acids is 1. The Kier molecular flexibility index (Phi) is 6.26. The molecule has 8 nitrogen and oxygen atoms in total. The Labute approximate surface area is 178 Å². The van der Waals surface area contributed by atoms with Crippen molar-refractivity contribution < 1.29 is 4.79 Å². The quantitative estimate of drug-likeness (QED) is 0.366. The third-order valence-corrected chi connectivity index (χ3v) is 5.12. The highest BCUT2D eigenvalue weighted by atomic mass is 35.5. The number of nitrogens with one attached hydrogen (secondary N) is 4. The van der Waals surface area contributed by atoms with Crippen molar-refractivity contribution in [2.24, 2.45) is 4.99 Å². The minimum Gasteiger partial charge on any atom is -0.398 e. The molecule has 1 atom stereocenters. The number of amides is 1. The van der Waals surface area contributed by atoms with Crippen LogP contribution in [0.5, 0.6) is 0 Å². The number of aliphatic imine (C=N–C) groups is 1. The highest BCUT2D eigenvalue weighted by Gasteiger charge is 2.26. The number of nitrogen functional groups attached to an aromatic ring is 1. The second kappa shape index (κ2) is 8.69. The highest BCUT2D eigenvalue weighted by molar-refractivity contribution is 6.36. The van der Waals surface area contributed by atoms with E-state index in [0.29, 0.717) is 45.1 Å². The Morgan fingerprint density at radius 3 is 2.79 bits per heavy atom. The number of carbonyl (C=O) groups is 1. The normalized spacial score (nSPS) is 15.8. The van der Waals surface area contributed by atoms with E-state index in [-0.39, 0.29) is 5.91 Å². The van der Waals surface area contributed by atoms with Gasteiger partial charge in [-0.15, -0.1) is 0 Å². The summed E-state index contributed by atoms with van der Waals surface area (Å²) in [6, 6.07) is 8.50. The van der Waals surface area contributed by atoms with Gasteiger partial charge in [0.2, 0.25) is 5.96 Å². The first-order valence-corrected chi connectivity index (χ1v) is 9.62. The SMILES string of the molecule is CCNC(=O)c1ccc(C2N=C(Nc3ccc(N)c(C=N)c3Cl)N(C)N2)c(Cl)c1. The molecule has 0 saturated carbocycles. The molecule has 1 aliphatic rings. The van der Waals surface area contributed by atoms with Crippen molar-refractivity contribution in [1.29, 1.82) is 5.41 Å². The molecule has 0 fully saturated rings. The van der Waals surface area contributed by atoms with E-state index in [0.717, 1.165) is 11.8 Å². The molecule has 6 N–H and O–H groups in total. The van der Waals surface area contributed by atoms with Gasteiger partial charge in [-0.05, 0) is 31.2 Å². The van der Waals surface area contributed by atoms with Crippen molar-refractivity contribution in [2.45, 2.75) is 13.1 Å². The number of nitrogens with two attached hydrogens (primary N) is 1. The molecule has 1 unspecified atom stereocenters. The van der Waals surface area contributed by atoms with Crippen LogP contribution in [0.25, 0.3) is 0 Å². The molecule has 2 aromatic carbocycles. The summed E-state index contributed by atoms with van der Waals surface area (Å²) in [5.41, 5.74) is 11.7. The van der Waals surface area contributed by atoms with Crippen LogP contribution in [-0.2, 0) is 0 Å². The lowest BCUT2D eigenvalue weighted by Crippen LogP contribution is -2.37. The van der Waals surface area contributed by atoms with E-state index in [1.54, 1.807) is 42.4 Å². The van der Waals surface area contributed by atoms with E-state index in [1.165, 1.54) is 0 Å². The largest absolute Gasteiger partial charge is 0.398 e. The highest BCUT2D eigenvalue weighted by Crippen LogP contribution is 2.31. The fourth-order valence-corrected chi connectivity index (χ4v) is 3.42. The molecule has 152 valence electrons.